The number of nitrogens with zero attached hydrogens (tertiary/aromatic N) is 1. The molecule has 0 unspecified atom stereocenters. The Morgan fingerprint density at radius 2 is 1.75 bits per heavy atom. The first kappa shape index (κ1) is 16.2. The normalized spacial score (nSPS) is 16.1. The number of benzene rings is 2. The van der Waals surface area contributed by atoms with Crippen molar-refractivity contribution in [3.05, 3.63) is 59.7 Å². The molecule has 0 saturated heterocycles. The van der Waals surface area contributed by atoms with Gasteiger partial charge in [-0.05, 0) is 37.1 Å². The summed E-state index contributed by atoms with van der Waals surface area (Å²) in [6.07, 6.45) is 5.87. The van der Waals surface area contributed by atoms with Gasteiger partial charge in [-0.1, -0.05) is 43.5 Å². The Balaban J connectivity index is 2.04. The molecule has 1 fully saturated rings. The molecule has 1 aliphatic carbocycles. The van der Waals surface area contributed by atoms with Crippen LogP contribution >= 0.6 is 0 Å². The van der Waals surface area contributed by atoms with Gasteiger partial charge in [0, 0.05) is 17.2 Å². The summed E-state index contributed by atoms with van der Waals surface area (Å²) in [6, 6.07) is 14.8. The van der Waals surface area contributed by atoms with E-state index in [0.29, 0.717) is 11.6 Å². The van der Waals surface area contributed by atoms with Gasteiger partial charge in [-0.2, -0.15) is 0 Å². The second-order valence-electron chi connectivity index (χ2n) is 6.27. The van der Waals surface area contributed by atoms with Gasteiger partial charge in [0.15, 0.2) is 0 Å². The van der Waals surface area contributed by atoms with Crippen LogP contribution in [0.4, 0.5) is 11.4 Å². The van der Waals surface area contributed by atoms with Crippen LogP contribution in [0.25, 0.3) is 0 Å². The Labute approximate surface area is 142 Å². The second kappa shape index (κ2) is 7.30. The molecule has 0 aromatic heterocycles. The SMILES string of the molecule is Nc1cc(C(=O)O)ccc1C(=Nc1ccccc1)C1CCCCC1. The summed E-state index contributed by atoms with van der Waals surface area (Å²) >= 11 is 0. The minimum Gasteiger partial charge on any atom is -0.478 e. The minimum atomic E-state index is -0.965. The zero-order valence-electron chi connectivity index (χ0n) is 13.6. The summed E-state index contributed by atoms with van der Waals surface area (Å²) in [5.41, 5.74) is 9.61. The number of aromatic carboxylic acids is 1. The molecule has 124 valence electrons. The maximum atomic E-state index is 11.1. The number of nitrogens with two attached hydrogens (primary N) is 1. The number of nitrogen functional groups attached to an aromatic ring is 1. The quantitative estimate of drug-likeness (QED) is 0.634. The van der Waals surface area contributed by atoms with E-state index < -0.39 is 5.97 Å². The first-order valence-electron chi connectivity index (χ1n) is 8.42. The van der Waals surface area contributed by atoms with Crippen LogP contribution < -0.4 is 5.73 Å². The molecular formula is C20H22N2O2. The molecule has 1 aliphatic rings. The number of carboxylic acid groups (broad SMARTS) is 1. The van der Waals surface area contributed by atoms with Crippen molar-refractivity contribution >= 4 is 23.1 Å². The molecule has 24 heavy (non-hydrogen) atoms. The summed E-state index contributed by atoms with van der Waals surface area (Å²) < 4.78 is 0. The molecule has 2 aromatic rings. The third-order valence-corrected chi connectivity index (χ3v) is 4.57. The highest BCUT2D eigenvalue weighted by Gasteiger charge is 2.23. The minimum absolute atomic E-state index is 0.207. The summed E-state index contributed by atoms with van der Waals surface area (Å²) in [7, 11) is 0. The van der Waals surface area contributed by atoms with E-state index >= 15 is 0 Å². The average Bonchev–Trinajstić information content (AvgIpc) is 2.61. The van der Waals surface area contributed by atoms with Gasteiger partial charge in [-0.15, -0.1) is 0 Å². The number of aliphatic imine (C=N–C) groups is 1. The van der Waals surface area contributed by atoms with Crippen LogP contribution in [0.3, 0.4) is 0 Å². The molecule has 0 spiro atoms. The van der Waals surface area contributed by atoms with Crippen molar-refractivity contribution in [1.82, 2.24) is 0 Å². The Hall–Kier alpha value is -2.62. The number of rotatable bonds is 4. The fraction of sp³-hybridized carbons (Fsp3) is 0.300. The number of carbonyl (C=O) groups is 1. The second-order valence-corrected chi connectivity index (χ2v) is 6.27. The molecular weight excluding hydrogens is 300 g/mol. The highest BCUT2D eigenvalue weighted by atomic mass is 16.4. The van der Waals surface area contributed by atoms with Crippen molar-refractivity contribution in [1.29, 1.82) is 0 Å². The van der Waals surface area contributed by atoms with Gasteiger partial charge in [0.1, 0.15) is 0 Å². The highest BCUT2D eigenvalue weighted by molar-refractivity contribution is 6.08. The Kier molecular flexibility index (Phi) is 4.94. The van der Waals surface area contributed by atoms with Crippen LogP contribution in [-0.2, 0) is 0 Å². The van der Waals surface area contributed by atoms with E-state index in [1.807, 2.05) is 30.3 Å². The Morgan fingerprint density at radius 1 is 1.04 bits per heavy atom. The molecule has 2 aromatic carbocycles. The largest absolute Gasteiger partial charge is 0.478 e. The molecule has 3 rings (SSSR count). The van der Waals surface area contributed by atoms with E-state index in [1.165, 1.54) is 25.3 Å². The van der Waals surface area contributed by atoms with Crippen molar-refractivity contribution < 1.29 is 9.90 Å². The smallest absolute Gasteiger partial charge is 0.335 e. The van der Waals surface area contributed by atoms with E-state index in [0.717, 1.165) is 29.8 Å². The van der Waals surface area contributed by atoms with Crippen LogP contribution in [0.15, 0.2) is 53.5 Å². The number of hydrogen-bond acceptors (Lipinski definition) is 3. The highest BCUT2D eigenvalue weighted by Crippen LogP contribution is 2.31. The van der Waals surface area contributed by atoms with E-state index in [4.69, 9.17) is 15.8 Å². The monoisotopic (exact) mass is 322 g/mol. The Morgan fingerprint density at radius 3 is 2.38 bits per heavy atom. The van der Waals surface area contributed by atoms with E-state index in [1.54, 1.807) is 12.1 Å². The fourth-order valence-corrected chi connectivity index (χ4v) is 3.32. The molecule has 4 heteroatoms. The molecule has 0 bridgehead atoms. The standard InChI is InChI=1S/C20H22N2O2/c21-18-13-15(20(23)24)11-12-17(18)19(14-7-3-1-4-8-14)22-16-9-5-2-6-10-16/h2,5-6,9-14H,1,3-4,7-8,21H2,(H,23,24). The van der Waals surface area contributed by atoms with Gasteiger partial charge in [-0.25, -0.2) is 4.79 Å². The van der Waals surface area contributed by atoms with E-state index in [-0.39, 0.29) is 5.56 Å². The van der Waals surface area contributed by atoms with Crippen LogP contribution in [0.2, 0.25) is 0 Å². The lowest BCUT2D eigenvalue weighted by Gasteiger charge is -2.24. The van der Waals surface area contributed by atoms with Crippen LogP contribution in [0.1, 0.15) is 48.0 Å². The summed E-state index contributed by atoms with van der Waals surface area (Å²) in [6.45, 7) is 0. The van der Waals surface area contributed by atoms with Gasteiger partial charge in [-0.3, -0.25) is 4.99 Å². The van der Waals surface area contributed by atoms with Gasteiger partial charge >= 0.3 is 5.97 Å². The zero-order chi connectivity index (χ0) is 16.9. The van der Waals surface area contributed by atoms with Crippen LogP contribution in [-0.4, -0.2) is 16.8 Å². The van der Waals surface area contributed by atoms with Gasteiger partial charge < -0.3 is 10.8 Å². The van der Waals surface area contributed by atoms with Crippen molar-refractivity contribution in [2.24, 2.45) is 10.9 Å². The lowest BCUT2D eigenvalue weighted by atomic mass is 9.82. The topological polar surface area (TPSA) is 75.7 Å². The molecule has 1 saturated carbocycles. The van der Waals surface area contributed by atoms with Crippen LogP contribution in [0, 0.1) is 5.92 Å². The van der Waals surface area contributed by atoms with E-state index in [9.17, 15) is 4.79 Å². The molecule has 0 amide bonds. The summed E-state index contributed by atoms with van der Waals surface area (Å²) in [4.78, 5) is 16.0. The molecule has 0 atom stereocenters. The number of carboxylic acids is 1. The fourth-order valence-electron chi connectivity index (χ4n) is 3.32. The summed E-state index contributed by atoms with van der Waals surface area (Å²) in [5, 5.41) is 9.14. The number of anilines is 1. The van der Waals surface area contributed by atoms with Crippen molar-refractivity contribution in [3.8, 4) is 0 Å². The maximum Gasteiger partial charge on any atom is 0.335 e. The average molecular weight is 322 g/mol. The van der Waals surface area contributed by atoms with Crippen molar-refractivity contribution in [2.75, 3.05) is 5.73 Å². The molecule has 3 N–H and O–H groups in total. The number of hydrogen-bond donors (Lipinski definition) is 2. The molecule has 4 nitrogen and oxygen atoms in total. The van der Waals surface area contributed by atoms with Crippen molar-refractivity contribution in [2.45, 2.75) is 32.1 Å². The van der Waals surface area contributed by atoms with Gasteiger partial charge in [0.05, 0.1) is 17.0 Å². The zero-order valence-corrected chi connectivity index (χ0v) is 13.6. The number of para-hydroxylation sites is 1. The van der Waals surface area contributed by atoms with E-state index in [2.05, 4.69) is 0 Å². The third kappa shape index (κ3) is 3.65. The predicted octanol–water partition coefficient (Wildman–Crippen LogP) is 4.67. The first-order valence-corrected chi connectivity index (χ1v) is 8.42. The molecule has 0 heterocycles. The lowest BCUT2D eigenvalue weighted by molar-refractivity contribution is 0.0697. The summed E-state index contributed by atoms with van der Waals surface area (Å²) in [5.74, 6) is -0.593. The third-order valence-electron chi connectivity index (χ3n) is 4.57. The first-order chi connectivity index (χ1) is 11.6. The predicted molar refractivity (Wildman–Crippen MR) is 97.0 cm³/mol. The van der Waals surface area contributed by atoms with Crippen LogP contribution in [0.5, 0.6) is 0 Å². The molecule has 0 radical (unpaired) electrons. The maximum absolute atomic E-state index is 11.1. The lowest BCUT2D eigenvalue weighted by Crippen LogP contribution is -2.20. The van der Waals surface area contributed by atoms with Crippen molar-refractivity contribution in [3.63, 3.8) is 0 Å². The Bertz CT molecular complexity index is 747. The van der Waals surface area contributed by atoms with Gasteiger partial charge in [0.25, 0.3) is 0 Å². The van der Waals surface area contributed by atoms with Gasteiger partial charge in [0.2, 0.25) is 0 Å². The molecule has 0 aliphatic heterocycles.